The van der Waals surface area contributed by atoms with Crippen molar-refractivity contribution in [1.82, 2.24) is 4.40 Å². The maximum atomic E-state index is 8.74. The summed E-state index contributed by atoms with van der Waals surface area (Å²) >= 11 is 0. The first kappa shape index (κ1) is 15.2. The normalized spacial score (nSPS) is 11.0. The molecule has 0 aliphatic carbocycles. The predicted molar refractivity (Wildman–Crippen MR) is 77.3 cm³/mol. The largest absolute Gasteiger partial charge is 0.394 e. The van der Waals surface area contributed by atoms with Gasteiger partial charge in [-0.05, 0) is 11.6 Å². The van der Waals surface area contributed by atoms with Crippen LogP contribution in [0.3, 0.4) is 0 Å². The molecule has 3 rings (SSSR count). The SMILES string of the molecule is O=S(=O)(O)O.c1ccc(C[n+]2ccn3ccccc32)cc1. The minimum absolute atomic E-state index is 0.918. The second-order valence-electron chi connectivity index (χ2n) is 4.33. The Morgan fingerprint density at radius 1 is 0.952 bits per heavy atom. The zero-order chi connectivity index (χ0) is 15.3. The van der Waals surface area contributed by atoms with Crippen LogP contribution in [-0.2, 0) is 16.9 Å². The molecule has 0 radical (unpaired) electrons. The van der Waals surface area contributed by atoms with Crippen LogP contribution >= 0.6 is 0 Å². The highest BCUT2D eigenvalue weighted by atomic mass is 32.3. The molecule has 110 valence electrons. The summed E-state index contributed by atoms with van der Waals surface area (Å²) in [6.07, 6.45) is 6.26. The van der Waals surface area contributed by atoms with E-state index >= 15 is 0 Å². The molecule has 1 aromatic carbocycles. The minimum atomic E-state index is -4.67. The van der Waals surface area contributed by atoms with E-state index in [0.29, 0.717) is 0 Å². The molecule has 2 heterocycles. The Morgan fingerprint density at radius 3 is 2.24 bits per heavy atom. The van der Waals surface area contributed by atoms with Crippen LogP contribution in [0.5, 0.6) is 0 Å². The van der Waals surface area contributed by atoms with E-state index in [-0.39, 0.29) is 0 Å². The quantitative estimate of drug-likeness (QED) is 0.557. The number of pyridine rings is 1. The Balaban J connectivity index is 0.000000282. The number of fused-ring (bicyclic) bond motifs is 1. The van der Waals surface area contributed by atoms with Crippen LogP contribution in [0.25, 0.3) is 5.65 Å². The van der Waals surface area contributed by atoms with Crippen molar-refractivity contribution < 1.29 is 22.1 Å². The van der Waals surface area contributed by atoms with Gasteiger partial charge < -0.3 is 0 Å². The summed E-state index contributed by atoms with van der Waals surface area (Å²) in [4.78, 5) is 0. The number of rotatable bonds is 2. The molecule has 0 amide bonds. The lowest BCUT2D eigenvalue weighted by Gasteiger charge is -1.97. The summed E-state index contributed by atoms with van der Waals surface area (Å²) in [6.45, 7) is 0.918. The maximum Gasteiger partial charge on any atom is 0.394 e. The third kappa shape index (κ3) is 4.99. The highest BCUT2D eigenvalue weighted by Crippen LogP contribution is 2.01. The van der Waals surface area contributed by atoms with Crippen molar-refractivity contribution in [3.8, 4) is 0 Å². The number of aromatic nitrogens is 2. The third-order valence-electron chi connectivity index (χ3n) is 2.76. The molecule has 0 spiro atoms. The monoisotopic (exact) mass is 307 g/mol. The van der Waals surface area contributed by atoms with Gasteiger partial charge in [0.1, 0.15) is 18.9 Å². The third-order valence-corrected chi connectivity index (χ3v) is 2.76. The van der Waals surface area contributed by atoms with Crippen LogP contribution < -0.4 is 4.57 Å². The van der Waals surface area contributed by atoms with Crippen LogP contribution in [0.2, 0.25) is 0 Å². The molecule has 2 N–H and O–H groups in total. The van der Waals surface area contributed by atoms with E-state index in [1.807, 2.05) is 12.1 Å². The van der Waals surface area contributed by atoms with Gasteiger partial charge in [-0.1, -0.05) is 36.4 Å². The minimum Gasteiger partial charge on any atom is -0.264 e. The Hall–Kier alpha value is -2.22. The lowest BCUT2D eigenvalue weighted by molar-refractivity contribution is -0.661. The molecule has 21 heavy (non-hydrogen) atoms. The summed E-state index contributed by atoms with van der Waals surface area (Å²) in [7, 11) is -4.67. The van der Waals surface area contributed by atoms with Crippen molar-refractivity contribution >= 4 is 16.0 Å². The molecule has 7 heteroatoms. The van der Waals surface area contributed by atoms with Gasteiger partial charge in [0.15, 0.2) is 0 Å². The fourth-order valence-corrected chi connectivity index (χ4v) is 1.96. The first-order valence-electron chi connectivity index (χ1n) is 6.12. The van der Waals surface area contributed by atoms with Gasteiger partial charge in [0.05, 0.1) is 6.20 Å². The van der Waals surface area contributed by atoms with Crippen LogP contribution in [-0.4, -0.2) is 21.9 Å². The second kappa shape index (κ2) is 6.49. The van der Waals surface area contributed by atoms with E-state index in [1.165, 1.54) is 11.2 Å². The molecule has 0 saturated carbocycles. The number of hydrogen-bond donors (Lipinski definition) is 2. The first-order chi connectivity index (χ1) is 9.93. The van der Waals surface area contributed by atoms with Gasteiger partial charge in [-0.25, -0.2) is 8.97 Å². The smallest absolute Gasteiger partial charge is 0.264 e. The Bertz CT molecular complexity index is 805. The van der Waals surface area contributed by atoms with E-state index in [9.17, 15) is 0 Å². The van der Waals surface area contributed by atoms with Crippen molar-refractivity contribution in [2.75, 3.05) is 0 Å². The standard InChI is InChI=1S/C14H13N2.H2O4S/c1-2-6-13(7-3-1)12-16-11-10-15-9-5-4-8-14(15)16;1-5(2,3)4/h1-11H,12H2;(H2,1,2,3,4)/q+1;. The fourth-order valence-electron chi connectivity index (χ4n) is 1.96. The lowest BCUT2D eigenvalue weighted by atomic mass is 10.2. The average Bonchev–Trinajstić information content (AvgIpc) is 2.82. The zero-order valence-corrected chi connectivity index (χ0v) is 11.9. The van der Waals surface area contributed by atoms with Gasteiger partial charge >= 0.3 is 10.4 Å². The van der Waals surface area contributed by atoms with Gasteiger partial charge in [0.2, 0.25) is 0 Å². The van der Waals surface area contributed by atoms with Crippen molar-refractivity contribution in [3.05, 3.63) is 72.7 Å². The van der Waals surface area contributed by atoms with E-state index in [1.54, 1.807) is 0 Å². The van der Waals surface area contributed by atoms with E-state index in [0.717, 1.165) is 6.54 Å². The highest BCUT2D eigenvalue weighted by Gasteiger charge is 2.07. The van der Waals surface area contributed by atoms with Crippen LogP contribution in [0.15, 0.2) is 67.1 Å². The first-order valence-corrected chi connectivity index (χ1v) is 7.52. The van der Waals surface area contributed by atoms with Crippen molar-refractivity contribution in [1.29, 1.82) is 0 Å². The fraction of sp³-hybridized carbons (Fsp3) is 0.0714. The van der Waals surface area contributed by atoms with Gasteiger partial charge in [0, 0.05) is 6.07 Å². The number of hydrogen-bond acceptors (Lipinski definition) is 2. The molecule has 0 bridgehead atoms. The molecule has 0 atom stereocenters. The Labute approximate surface area is 122 Å². The lowest BCUT2D eigenvalue weighted by Crippen LogP contribution is -2.32. The van der Waals surface area contributed by atoms with Crippen molar-refractivity contribution in [2.24, 2.45) is 0 Å². The average molecular weight is 307 g/mol. The molecule has 0 saturated heterocycles. The topological polar surface area (TPSA) is 82.9 Å². The predicted octanol–water partition coefficient (Wildman–Crippen LogP) is 1.62. The van der Waals surface area contributed by atoms with Crippen LogP contribution in [0, 0.1) is 0 Å². The molecule has 6 nitrogen and oxygen atoms in total. The molecular formula is C14H15N2O4S+. The van der Waals surface area contributed by atoms with E-state index in [2.05, 4.69) is 64.0 Å². The summed E-state index contributed by atoms with van der Waals surface area (Å²) in [5.74, 6) is 0. The Kier molecular flexibility index (Phi) is 4.69. The molecule has 0 unspecified atom stereocenters. The zero-order valence-electron chi connectivity index (χ0n) is 11.1. The molecule has 0 aliphatic heterocycles. The number of nitrogens with zero attached hydrogens (tertiary/aromatic N) is 2. The molecule has 0 aliphatic rings. The highest BCUT2D eigenvalue weighted by molar-refractivity contribution is 7.79. The number of imidazole rings is 1. The van der Waals surface area contributed by atoms with Gasteiger partial charge in [-0.15, -0.1) is 0 Å². The molecule has 3 aromatic rings. The van der Waals surface area contributed by atoms with Gasteiger partial charge in [0.25, 0.3) is 5.65 Å². The summed E-state index contributed by atoms with van der Waals surface area (Å²) in [5.41, 5.74) is 2.54. The van der Waals surface area contributed by atoms with Gasteiger partial charge in [-0.3, -0.25) is 9.11 Å². The molecular weight excluding hydrogens is 292 g/mol. The Morgan fingerprint density at radius 2 is 1.57 bits per heavy atom. The van der Waals surface area contributed by atoms with Gasteiger partial charge in [-0.2, -0.15) is 8.42 Å². The summed E-state index contributed by atoms with van der Waals surface area (Å²) < 4.78 is 36.0. The number of benzene rings is 1. The summed E-state index contributed by atoms with van der Waals surface area (Å²) in [5, 5.41) is 0. The van der Waals surface area contributed by atoms with E-state index < -0.39 is 10.4 Å². The molecule has 2 aromatic heterocycles. The van der Waals surface area contributed by atoms with Crippen LogP contribution in [0.1, 0.15) is 5.56 Å². The van der Waals surface area contributed by atoms with E-state index in [4.69, 9.17) is 17.5 Å². The summed E-state index contributed by atoms with van der Waals surface area (Å²) in [6, 6.07) is 16.7. The van der Waals surface area contributed by atoms with Crippen molar-refractivity contribution in [3.63, 3.8) is 0 Å². The van der Waals surface area contributed by atoms with Crippen molar-refractivity contribution in [2.45, 2.75) is 6.54 Å². The molecule has 0 fully saturated rings. The van der Waals surface area contributed by atoms with Crippen LogP contribution in [0.4, 0.5) is 0 Å². The second-order valence-corrected chi connectivity index (χ2v) is 5.22. The maximum absolute atomic E-state index is 8.74.